The van der Waals surface area contributed by atoms with Crippen molar-refractivity contribution in [2.24, 2.45) is 0 Å². The van der Waals surface area contributed by atoms with Crippen molar-refractivity contribution >= 4 is 39.0 Å². The van der Waals surface area contributed by atoms with E-state index in [0.717, 1.165) is 5.56 Å². The minimum atomic E-state index is -3.87. The molecule has 2 heterocycles. The van der Waals surface area contributed by atoms with Gasteiger partial charge in [-0.05, 0) is 49.2 Å². The highest BCUT2D eigenvalue weighted by Gasteiger charge is 2.27. The van der Waals surface area contributed by atoms with Gasteiger partial charge in [-0.25, -0.2) is 8.42 Å². The highest BCUT2D eigenvalue weighted by molar-refractivity contribution is 7.92. The van der Waals surface area contributed by atoms with E-state index >= 15 is 0 Å². The van der Waals surface area contributed by atoms with E-state index in [4.69, 9.17) is 4.74 Å². The molecule has 0 radical (unpaired) electrons. The van der Waals surface area contributed by atoms with Crippen LogP contribution in [0, 0.1) is 0 Å². The molecule has 1 fully saturated rings. The Balaban J connectivity index is 1.42. The second kappa shape index (κ2) is 9.94. The van der Waals surface area contributed by atoms with Gasteiger partial charge in [0, 0.05) is 49.4 Å². The fraction of sp³-hybridized carbons (Fsp3) is 0.375. The van der Waals surface area contributed by atoms with Crippen molar-refractivity contribution in [3.8, 4) is 0 Å². The first-order chi connectivity index (χ1) is 16.2. The molecule has 2 aliphatic heterocycles. The molecule has 1 saturated heterocycles. The summed E-state index contributed by atoms with van der Waals surface area (Å²) in [5, 5.41) is 0. The van der Waals surface area contributed by atoms with E-state index in [9.17, 15) is 22.8 Å². The van der Waals surface area contributed by atoms with Gasteiger partial charge in [0.1, 0.15) is 0 Å². The molecule has 0 spiro atoms. The summed E-state index contributed by atoms with van der Waals surface area (Å²) in [4.78, 5) is 40.1. The predicted octanol–water partition coefficient (Wildman–Crippen LogP) is 2.22. The van der Waals surface area contributed by atoms with E-state index < -0.39 is 10.0 Å². The van der Waals surface area contributed by atoms with Gasteiger partial charge in [0.25, 0.3) is 10.0 Å². The number of Topliss-reactive ketones (excluding diaryl/α,β-unsaturated/α-hetero) is 1. The first-order valence-electron chi connectivity index (χ1n) is 11.2. The van der Waals surface area contributed by atoms with Crippen molar-refractivity contribution in [1.29, 1.82) is 0 Å². The van der Waals surface area contributed by atoms with E-state index in [1.807, 2.05) is 0 Å². The fourth-order valence-electron chi connectivity index (χ4n) is 4.14. The third kappa shape index (κ3) is 5.28. The number of hydrogen-bond donors (Lipinski definition) is 1. The molecule has 180 valence electrons. The lowest BCUT2D eigenvalue weighted by Gasteiger charge is -2.27. The van der Waals surface area contributed by atoms with Crippen molar-refractivity contribution in [3.05, 3.63) is 53.6 Å². The molecule has 2 aromatic carbocycles. The SMILES string of the molecule is CC(=O)c1cccc(NS(=O)(=O)c2ccc3c(c2)CCN3C(=O)CCC(=O)N2CCOCC2)c1. The first kappa shape index (κ1) is 23.9. The third-order valence-corrected chi connectivity index (χ3v) is 7.37. The van der Waals surface area contributed by atoms with Gasteiger partial charge >= 0.3 is 0 Å². The number of amides is 2. The molecular weight excluding hydrogens is 458 g/mol. The van der Waals surface area contributed by atoms with E-state index in [1.54, 1.807) is 40.1 Å². The number of carbonyl (C=O) groups excluding carboxylic acids is 3. The molecule has 2 amide bonds. The lowest BCUT2D eigenvalue weighted by molar-refractivity contribution is -0.136. The zero-order valence-electron chi connectivity index (χ0n) is 19.0. The van der Waals surface area contributed by atoms with Crippen LogP contribution in [0.1, 0.15) is 35.7 Å². The molecular formula is C24H27N3O6S. The van der Waals surface area contributed by atoms with Crippen LogP contribution >= 0.6 is 0 Å². The smallest absolute Gasteiger partial charge is 0.261 e. The van der Waals surface area contributed by atoms with Crippen molar-refractivity contribution in [2.45, 2.75) is 31.1 Å². The summed E-state index contributed by atoms with van der Waals surface area (Å²) < 4.78 is 33.6. The molecule has 0 unspecified atom stereocenters. The summed E-state index contributed by atoms with van der Waals surface area (Å²) in [6.07, 6.45) is 0.770. The number of ether oxygens (including phenoxy) is 1. The molecule has 10 heteroatoms. The van der Waals surface area contributed by atoms with Crippen molar-refractivity contribution < 1.29 is 27.5 Å². The average molecular weight is 486 g/mol. The van der Waals surface area contributed by atoms with Gasteiger partial charge in [0.15, 0.2) is 5.78 Å². The van der Waals surface area contributed by atoms with Crippen LogP contribution in [0.5, 0.6) is 0 Å². The topological polar surface area (TPSA) is 113 Å². The van der Waals surface area contributed by atoms with Crippen LogP contribution < -0.4 is 9.62 Å². The lowest BCUT2D eigenvalue weighted by atomic mass is 10.1. The lowest BCUT2D eigenvalue weighted by Crippen LogP contribution is -2.41. The molecule has 0 saturated carbocycles. The summed E-state index contributed by atoms with van der Waals surface area (Å²) in [6, 6.07) is 11.0. The normalized spacial score (nSPS) is 15.7. The van der Waals surface area contributed by atoms with Gasteiger partial charge in [-0.3, -0.25) is 19.1 Å². The molecule has 0 bridgehead atoms. The van der Waals surface area contributed by atoms with Crippen LogP contribution in [0.25, 0.3) is 0 Å². The van der Waals surface area contributed by atoms with E-state index in [1.165, 1.54) is 19.1 Å². The standard InChI is InChI=1S/C24H27N3O6S/c1-17(28)18-3-2-4-20(15-18)25-34(31,32)21-5-6-22-19(16-21)9-10-27(22)24(30)8-7-23(29)26-11-13-33-14-12-26/h2-6,15-16,25H,7-14H2,1H3. The van der Waals surface area contributed by atoms with Crippen LogP contribution in [-0.4, -0.2) is 63.8 Å². The Bertz CT molecular complexity index is 1220. The Kier molecular flexibility index (Phi) is 6.99. The molecule has 2 aromatic rings. The summed E-state index contributed by atoms with van der Waals surface area (Å²) >= 11 is 0. The largest absolute Gasteiger partial charge is 0.378 e. The number of morpholine rings is 1. The van der Waals surface area contributed by atoms with E-state index in [2.05, 4.69) is 4.72 Å². The zero-order chi connectivity index (χ0) is 24.3. The Morgan fingerprint density at radius 2 is 1.71 bits per heavy atom. The van der Waals surface area contributed by atoms with Gasteiger partial charge in [0.05, 0.1) is 18.1 Å². The molecule has 0 aliphatic carbocycles. The van der Waals surface area contributed by atoms with Gasteiger partial charge < -0.3 is 14.5 Å². The number of nitrogens with one attached hydrogen (secondary N) is 1. The van der Waals surface area contributed by atoms with Crippen LogP contribution in [0.2, 0.25) is 0 Å². The molecule has 0 atom stereocenters. The van der Waals surface area contributed by atoms with E-state index in [-0.39, 0.29) is 35.3 Å². The summed E-state index contributed by atoms with van der Waals surface area (Å²) in [7, 11) is -3.87. The zero-order valence-corrected chi connectivity index (χ0v) is 19.8. The minimum Gasteiger partial charge on any atom is -0.378 e. The number of fused-ring (bicyclic) bond motifs is 1. The second-order valence-electron chi connectivity index (χ2n) is 8.32. The van der Waals surface area contributed by atoms with Crippen LogP contribution in [0.4, 0.5) is 11.4 Å². The maximum atomic E-state index is 12.9. The monoisotopic (exact) mass is 485 g/mol. The highest BCUT2D eigenvalue weighted by atomic mass is 32.2. The number of sulfonamides is 1. The van der Waals surface area contributed by atoms with Gasteiger partial charge in [-0.1, -0.05) is 12.1 Å². The quantitative estimate of drug-likeness (QED) is 0.602. The highest BCUT2D eigenvalue weighted by Crippen LogP contribution is 2.31. The Morgan fingerprint density at radius 1 is 0.971 bits per heavy atom. The van der Waals surface area contributed by atoms with Crippen molar-refractivity contribution in [3.63, 3.8) is 0 Å². The predicted molar refractivity (Wildman–Crippen MR) is 126 cm³/mol. The Hall–Kier alpha value is -3.24. The fourth-order valence-corrected chi connectivity index (χ4v) is 5.24. The van der Waals surface area contributed by atoms with Crippen LogP contribution in [0.3, 0.4) is 0 Å². The number of nitrogens with zero attached hydrogens (tertiary/aromatic N) is 2. The molecule has 4 rings (SSSR count). The summed E-state index contributed by atoms with van der Waals surface area (Å²) in [5.41, 5.74) is 2.14. The van der Waals surface area contributed by atoms with Gasteiger partial charge in [-0.2, -0.15) is 0 Å². The van der Waals surface area contributed by atoms with Gasteiger partial charge in [0.2, 0.25) is 11.8 Å². The molecule has 0 aromatic heterocycles. The summed E-state index contributed by atoms with van der Waals surface area (Å²) in [5.74, 6) is -0.373. The third-order valence-electron chi connectivity index (χ3n) is 6.00. The maximum absolute atomic E-state index is 12.9. The number of ketones is 1. The Labute approximate surface area is 198 Å². The molecule has 9 nitrogen and oxygen atoms in total. The number of anilines is 2. The molecule has 34 heavy (non-hydrogen) atoms. The first-order valence-corrected chi connectivity index (χ1v) is 12.7. The number of carbonyl (C=O) groups is 3. The number of hydrogen-bond acceptors (Lipinski definition) is 6. The van der Waals surface area contributed by atoms with E-state index in [0.29, 0.717) is 56.2 Å². The number of benzene rings is 2. The number of rotatable bonds is 7. The average Bonchev–Trinajstić information content (AvgIpc) is 3.26. The molecule has 2 aliphatic rings. The van der Waals surface area contributed by atoms with Crippen LogP contribution in [0.15, 0.2) is 47.4 Å². The summed E-state index contributed by atoms with van der Waals surface area (Å²) in [6.45, 7) is 3.98. The van der Waals surface area contributed by atoms with Crippen molar-refractivity contribution in [1.82, 2.24) is 4.90 Å². The van der Waals surface area contributed by atoms with Crippen LogP contribution in [-0.2, 0) is 30.8 Å². The molecule has 1 N–H and O–H groups in total. The Morgan fingerprint density at radius 3 is 2.44 bits per heavy atom. The van der Waals surface area contributed by atoms with Crippen molar-refractivity contribution in [2.75, 3.05) is 42.5 Å². The van der Waals surface area contributed by atoms with Gasteiger partial charge in [-0.15, -0.1) is 0 Å². The minimum absolute atomic E-state index is 0.0579. The maximum Gasteiger partial charge on any atom is 0.261 e. The second-order valence-corrected chi connectivity index (χ2v) is 10.0.